The zero-order valence-electron chi connectivity index (χ0n) is 17.4. The number of pyridine rings is 1. The molecule has 1 saturated carbocycles. The van der Waals surface area contributed by atoms with Crippen LogP contribution in [0.3, 0.4) is 0 Å². The molecule has 5 rings (SSSR count). The van der Waals surface area contributed by atoms with Gasteiger partial charge in [-0.15, -0.1) is 0 Å². The molecule has 1 fully saturated rings. The van der Waals surface area contributed by atoms with Gasteiger partial charge in [-0.25, -0.2) is 9.18 Å². The van der Waals surface area contributed by atoms with Gasteiger partial charge in [0.2, 0.25) is 0 Å². The molecule has 7 heteroatoms. The van der Waals surface area contributed by atoms with Crippen molar-refractivity contribution in [2.24, 2.45) is 7.05 Å². The summed E-state index contributed by atoms with van der Waals surface area (Å²) in [6.45, 7) is -0.379. The molecule has 4 aromatic rings. The number of aliphatic hydroxyl groups is 1. The van der Waals surface area contributed by atoms with Gasteiger partial charge in [0.05, 0.1) is 17.7 Å². The molecule has 2 aromatic carbocycles. The minimum Gasteiger partial charge on any atom is -0.477 e. The highest BCUT2D eigenvalue weighted by molar-refractivity contribution is 5.89. The van der Waals surface area contributed by atoms with Crippen LogP contribution in [0.4, 0.5) is 4.39 Å². The Hall–Kier alpha value is -3.71. The third-order valence-corrected chi connectivity index (χ3v) is 6.13. The molecular formula is C25H21FN2O4. The summed E-state index contributed by atoms with van der Waals surface area (Å²) < 4.78 is 17.7. The molecule has 0 aliphatic heterocycles. The molecule has 6 nitrogen and oxygen atoms in total. The summed E-state index contributed by atoms with van der Waals surface area (Å²) in [5.74, 6) is -1.23. The average molecular weight is 432 g/mol. The average Bonchev–Trinajstić information content (AvgIpc) is 3.54. The number of hydrogen-bond acceptors (Lipinski definition) is 3. The molecule has 0 bridgehead atoms. The molecule has 32 heavy (non-hydrogen) atoms. The van der Waals surface area contributed by atoms with E-state index in [4.69, 9.17) is 0 Å². The molecule has 0 saturated heterocycles. The number of carboxylic acid groups (broad SMARTS) is 1. The van der Waals surface area contributed by atoms with Gasteiger partial charge in [0.15, 0.2) is 0 Å². The van der Waals surface area contributed by atoms with Crippen LogP contribution in [-0.4, -0.2) is 25.3 Å². The number of benzene rings is 2. The molecule has 0 atom stereocenters. The Kier molecular flexibility index (Phi) is 4.71. The first kappa shape index (κ1) is 20.2. The number of hydrogen-bond donors (Lipinski definition) is 2. The standard InChI is InChI=1S/C25H21FN2O4/c1-27-12-17(11-22(27)25(31)32)18-3-2-4-21(19(18)13-29)28-8-7-15-9-16(14-5-6-14)10-20(26)23(15)24(28)30/h2-4,7-12,14,29H,5-6,13H2,1H3,(H,31,32). The van der Waals surface area contributed by atoms with Gasteiger partial charge in [-0.05, 0) is 59.5 Å². The van der Waals surface area contributed by atoms with Crippen molar-refractivity contribution < 1.29 is 19.4 Å². The number of fused-ring (bicyclic) bond motifs is 1. The monoisotopic (exact) mass is 432 g/mol. The predicted octanol–water partition coefficient (Wildman–Crippen LogP) is 4.20. The Labute approximate surface area is 182 Å². The van der Waals surface area contributed by atoms with E-state index in [0.717, 1.165) is 18.4 Å². The summed E-state index contributed by atoms with van der Waals surface area (Å²) in [5, 5.41) is 20.1. The van der Waals surface area contributed by atoms with Crippen LogP contribution in [0.15, 0.2) is 59.7 Å². The summed E-state index contributed by atoms with van der Waals surface area (Å²) >= 11 is 0. The fourth-order valence-electron chi connectivity index (χ4n) is 4.35. The zero-order valence-corrected chi connectivity index (χ0v) is 17.4. The molecule has 1 aliphatic rings. The van der Waals surface area contributed by atoms with E-state index in [1.54, 1.807) is 43.7 Å². The van der Waals surface area contributed by atoms with E-state index in [0.29, 0.717) is 33.7 Å². The van der Waals surface area contributed by atoms with Crippen molar-refractivity contribution in [3.8, 4) is 16.8 Å². The van der Waals surface area contributed by atoms with E-state index in [2.05, 4.69) is 0 Å². The van der Waals surface area contributed by atoms with E-state index in [9.17, 15) is 24.2 Å². The van der Waals surface area contributed by atoms with Crippen molar-refractivity contribution in [1.82, 2.24) is 9.13 Å². The number of aliphatic hydroxyl groups excluding tert-OH is 1. The van der Waals surface area contributed by atoms with Gasteiger partial charge in [-0.2, -0.15) is 0 Å². The van der Waals surface area contributed by atoms with E-state index in [1.807, 2.05) is 6.07 Å². The predicted molar refractivity (Wildman–Crippen MR) is 119 cm³/mol. The molecule has 0 amide bonds. The van der Waals surface area contributed by atoms with Gasteiger partial charge in [0, 0.05) is 30.6 Å². The van der Waals surface area contributed by atoms with Crippen molar-refractivity contribution in [3.05, 3.63) is 87.9 Å². The quantitative estimate of drug-likeness (QED) is 0.495. The smallest absolute Gasteiger partial charge is 0.352 e. The molecular weight excluding hydrogens is 411 g/mol. The number of rotatable bonds is 5. The number of aryl methyl sites for hydroxylation is 1. The van der Waals surface area contributed by atoms with E-state index >= 15 is 0 Å². The van der Waals surface area contributed by atoms with Gasteiger partial charge < -0.3 is 14.8 Å². The fraction of sp³-hybridized carbons (Fsp3) is 0.200. The number of aromatic carboxylic acids is 1. The summed E-state index contributed by atoms with van der Waals surface area (Å²) in [4.78, 5) is 24.7. The van der Waals surface area contributed by atoms with Gasteiger partial charge in [0.1, 0.15) is 11.5 Å². The van der Waals surface area contributed by atoms with Crippen molar-refractivity contribution >= 4 is 16.7 Å². The summed E-state index contributed by atoms with van der Waals surface area (Å²) in [6, 6.07) is 11.7. The Balaban J connectivity index is 1.69. The minimum absolute atomic E-state index is 0.0130. The van der Waals surface area contributed by atoms with Crippen LogP contribution in [0.5, 0.6) is 0 Å². The lowest BCUT2D eigenvalue weighted by Gasteiger charge is -2.15. The van der Waals surface area contributed by atoms with Crippen molar-refractivity contribution in [3.63, 3.8) is 0 Å². The molecule has 2 heterocycles. The lowest BCUT2D eigenvalue weighted by atomic mass is 9.99. The highest BCUT2D eigenvalue weighted by atomic mass is 19.1. The summed E-state index contributed by atoms with van der Waals surface area (Å²) in [5.41, 5.74) is 2.59. The first-order valence-corrected chi connectivity index (χ1v) is 10.4. The maximum absolute atomic E-state index is 14.9. The topological polar surface area (TPSA) is 84.5 Å². The highest BCUT2D eigenvalue weighted by Gasteiger charge is 2.25. The van der Waals surface area contributed by atoms with Crippen LogP contribution in [0.2, 0.25) is 0 Å². The normalized spacial score (nSPS) is 13.6. The van der Waals surface area contributed by atoms with E-state index in [1.165, 1.54) is 21.3 Å². The van der Waals surface area contributed by atoms with Crippen molar-refractivity contribution in [2.45, 2.75) is 25.4 Å². The van der Waals surface area contributed by atoms with Gasteiger partial charge in [-0.3, -0.25) is 9.36 Å². The van der Waals surface area contributed by atoms with Crippen LogP contribution < -0.4 is 5.56 Å². The number of nitrogens with zero attached hydrogens (tertiary/aromatic N) is 2. The maximum Gasteiger partial charge on any atom is 0.352 e. The molecule has 2 N–H and O–H groups in total. The first-order valence-electron chi connectivity index (χ1n) is 10.4. The third-order valence-electron chi connectivity index (χ3n) is 6.13. The van der Waals surface area contributed by atoms with Gasteiger partial charge in [0.25, 0.3) is 5.56 Å². The molecule has 162 valence electrons. The van der Waals surface area contributed by atoms with E-state index in [-0.39, 0.29) is 17.7 Å². The Morgan fingerprint density at radius 1 is 1.19 bits per heavy atom. The molecule has 0 radical (unpaired) electrons. The number of carboxylic acids is 1. The molecule has 0 spiro atoms. The molecule has 1 aliphatic carbocycles. The maximum atomic E-state index is 14.9. The van der Waals surface area contributed by atoms with E-state index < -0.39 is 17.3 Å². The fourth-order valence-corrected chi connectivity index (χ4v) is 4.35. The zero-order chi connectivity index (χ0) is 22.6. The second kappa shape index (κ2) is 7.46. The Morgan fingerprint density at radius 3 is 2.62 bits per heavy atom. The van der Waals surface area contributed by atoms with Crippen LogP contribution in [0, 0.1) is 5.82 Å². The first-order chi connectivity index (χ1) is 15.4. The van der Waals surface area contributed by atoms with Crippen molar-refractivity contribution in [2.75, 3.05) is 0 Å². The largest absolute Gasteiger partial charge is 0.477 e. The number of aromatic nitrogens is 2. The summed E-state index contributed by atoms with van der Waals surface area (Å²) in [6.07, 6.45) is 5.33. The van der Waals surface area contributed by atoms with Crippen LogP contribution in [0.25, 0.3) is 27.6 Å². The summed E-state index contributed by atoms with van der Waals surface area (Å²) in [7, 11) is 1.63. The van der Waals surface area contributed by atoms with Gasteiger partial charge in [-0.1, -0.05) is 18.2 Å². The lowest BCUT2D eigenvalue weighted by Crippen LogP contribution is -2.20. The highest BCUT2D eigenvalue weighted by Crippen LogP contribution is 2.41. The second-order valence-corrected chi connectivity index (χ2v) is 8.22. The minimum atomic E-state index is -1.06. The van der Waals surface area contributed by atoms with Crippen LogP contribution in [-0.2, 0) is 13.7 Å². The van der Waals surface area contributed by atoms with Crippen LogP contribution in [0.1, 0.15) is 40.4 Å². The molecule has 2 aromatic heterocycles. The van der Waals surface area contributed by atoms with Crippen molar-refractivity contribution in [1.29, 1.82) is 0 Å². The van der Waals surface area contributed by atoms with Gasteiger partial charge >= 0.3 is 5.97 Å². The van der Waals surface area contributed by atoms with Crippen LogP contribution >= 0.6 is 0 Å². The SMILES string of the molecule is Cn1cc(-c2cccc(-n3ccc4cc(C5CC5)cc(F)c4c3=O)c2CO)cc1C(=O)O. The lowest BCUT2D eigenvalue weighted by molar-refractivity contribution is 0.0686. The second-order valence-electron chi connectivity index (χ2n) is 8.22. The Morgan fingerprint density at radius 2 is 1.97 bits per heavy atom. The Bertz CT molecular complexity index is 1450. The number of halogens is 1. The number of carbonyl (C=O) groups is 1. The third kappa shape index (κ3) is 3.22. The molecule has 0 unspecified atom stereocenters.